The molecule has 0 fully saturated rings. The number of methoxy groups -OCH3 is 2. The van der Waals surface area contributed by atoms with Gasteiger partial charge < -0.3 is 25.8 Å². The van der Waals surface area contributed by atoms with E-state index in [1.165, 1.54) is 19.8 Å². The molecule has 4 N–H and O–H groups in total. The highest BCUT2D eigenvalue weighted by Crippen LogP contribution is 2.22. The lowest BCUT2D eigenvalue weighted by Gasteiger charge is -2.20. The summed E-state index contributed by atoms with van der Waals surface area (Å²) in [5, 5.41) is 7.28. The molecule has 0 saturated heterocycles. The third-order valence-electron chi connectivity index (χ3n) is 7.46. The van der Waals surface area contributed by atoms with Gasteiger partial charge in [0.05, 0.1) is 24.3 Å². The maximum Gasteiger partial charge on any atom is 0.328 e. The van der Waals surface area contributed by atoms with Crippen molar-refractivity contribution < 1.29 is 19.1 Å². The normalized spacial score (nSPS) is 11.6. The number of nitrogens with one attached hydrogen (secondary N) is 2. The first-order valence-electron chi connectivity index (χ1n) is 15.0. The van der Waals surface area contributed by atoms with Crippen LogP contribution in [-0.4, -0.2) is 48.2 Å². The van der Waals surface area contributed by atoms with Crippen LogP contribution in [0.4, 0.5) is 5.69 Å². The van der Waals surface area contributed by atoms with Gasteiger partial charge in [0.15, 0.2) is 0 Å². The molecular formula is C37H39Cl2N3O4S2. The molecule has 0 heterocycles. The molecule has 0 amide bonds. The van der Waals surface area contributed by atoms with Crippen molar-refractivity contribution in [3.05, 3.63) is 134 Å². The molecule has 4 aromatic rings. The van der Waals surface area contributed by atoms with Crippen molar-refractivity contribution in [2.75, 3.05) is 20.0 Å². The molecule has 0 saturated carbocycles. The number of benzene rings is 4. The van der Waals surface area contributed by atoms with E-state index in [1.54, 1.807) is 24.3 Å². The van der Waals surface area contributed by atoms with Crippen LogP contribution in [0.1, 0.15) is 38.9 Å². The smallest absolute Gasteiger partial charge is 0.328 e. The zero-order chi connectivity index (χ0) is 35.4. The molecule has 252 valence electrons. The molecule has 2 atom stereocenters. The Hall–Kier alpha value is -4.02. The Morgan fingerprint density at radius 2 is 1.04 bits per heavy atom. The first-order valence-corrected chi connectivity index (χ1v) is 16.6. The van der Waals surface area contributed by atoms with Crippen molar-refractivity contribution in [1.82, 2.24) is 10.6 Å². The lowest BCUT2D eigenvalue weighted by molar-refractivity contribution is -0.143. The largest absolute Gasteiger partial charge is 0.467 e. The van der Waals surface area contributed by atoms with Crippen LogP contribution in [0.15, 0.2) is 84.9 Å². The van der Waals surface area contributed by atoms with Crippen molar-refractivity contribution >= 4 is 75.2 Å². The molecule has 48 heavy (non-hydrogen) atoms. The molecule has 4 rings (SSSR count). The summed E-state index contributed by atoms with van der Waals surface area (Å²) in [6.45, 7) is 5.87. The van der Waals surface area contributed by atoms with Crippen LogP contribution in [0.25, 0.3) is 0 Å². The molecule has 0 aliphatic carbocycles. The number of thiocarbonyl (C=S) groups is 2. The van der Waals surface area contributed by atoms with Crippen LogP contribution in [0.2, 0.25) is 10.0 Å². The maximum absolute atomic E-state index is 12.1. The van der Waals surface area contributed by atoms with Gasteiger partial charge in [-0.2, -0.15) is 0 Å². The van der Waals surface area contributed by atoms with Crippen LogP contribution in [0.5, 0.6) is 0 Å². The van der Waals surface area contributed by atoms with Gasteiger partial charge in [-0.15, -0.1) is 0 Å². The monoisotopic (exact) mass is 723 g/mol. The average molecular weight is 725 g/mol. The van der Waals surface area contributed by atoms with E-state index in [4.69, 9.17) is 62.8 Å². The highest BCUT2D eigenvalue weighted by atomic mass is 35.5. The van der Waals surface area contributed by atoms with E-state index in [2.05, 4.69) is 10.6 Å². The van der Waals surface area contributed by atoms with Gasteiger partial charge in [0.1, 0.15) is 22.1 Å². The molecule has 4 aromatic carbocycles. The number of nitrogen functional groups attached to an aromatic ring is 1. The van der Waals surface area contributed by atoms with Gasteiger partial charge in [-0.1, -0.05) is 114 Å². The molecule has 2 unspecified atom stereocenters. The maximum atomic E-state index is 12.1. The lowest BCUT2D eigenvalue weighted by Crippen LogP contribution is -2.43. The van der Waals surface area contributed by atoms with E-state index in [9.17, 15) is 9.59 Å². The number of nitrogens with two attached hydrogens (primary N) is 1. The van der Waals surface area contributed by atoms with E-state index in [0.717, 1.165) is 33.4 Å². The highest BCUT2D eigenvalue weighted by Gasteiger charge is 2.24. The SMILES string of the molecule is COC(=O)C(Cc1ccc(C)cc1)NC(=S)c1c(C)cccc1Cl.COC(=O)C(Cc1ccc(N)cc1)NC(=S)c1c(C)cccc1Cl. The zero-order valence-electron chi connectivity index (χ0n) is 27.4. The van der Waals surface area contributed by atoms with Gasteiger partial charge in [0.25, 0.3) is 0 Å². The number of ether oxygens (including phenoxy) is 2. The Morgan fingerprint density at radius 1 is 0.667 bits per heavy atom. The molecule has 0 spiro atoms. The number of aryl methyl sites for hydroxylation is 3. The van der Waals surface area contributed by atoms with Crippen molar-refractivity contribution in [1.29, 1.82) is 0 Å². The van der Waals surface area contributed by atoms with Crippen molar-refractivity contribution in [3.8, 4) is 0 Å². The zero-order valence-corrected chi connectivity index (χ0v) is 30.6. The molecule has 0 aliphatic rings. The highest BCUT2D eigenvalue weighted by molar-refractivity contribution is 7.81. The van der Waals surface area contributed by atoms with Crippen LogP contribution < -0.4 is 16.4 Å². The number of carbonyl (C=O) groups excluding carboxylic acids is 2. The van der Waals surface area contributed by atoms with Crippen LogP contribution in [0, 0.1) is 20.8 Å². The topological polar surface area (TPSA) is 103 Å². The van der Waals surface area contributed by atoms with Gasteiger partial charge in [-0.05, 0) is 67.3 Å². The van der Waals surface area contributed by atoms with Crippen molar-refractivity contribution in [3.63, 3.8) is 0 Å². The summed E-state index contributed by atoms with van der Waals surface area (Å²) in [6.07, 6.45) is 0.910. The molecule has 0 aromatic heterocycles. The fraction of sp³-hybridized carbons (Fsp3) is 0.243. The van der Waals surface area contributed by atoms with E-state index < -0.39 is 12.1 Å². The van der Waals surface area contributed by atoms with E-state index in [-0.39, 0.29) is 11.9 Å². The predicted octanol–water partition coefficient (Wildman–Crippen LogP) is 7.29. The quantitative estimate of drug-likeness (QED) is 0.0885. The minimum atomic E-state index is -0.609. The van der Waals surface area contributed by atoms with Crippen LogP contribution in [0.3, 0.4) is 0 Å². The summed E-state index contributed by atoms with van der Waals surface area (Å²) in [4.78, 5) is 25.1. The van der Waals surface area contributed by atoms with E-state index in [1.807, 2.05) is 81.4 Å². The first kappa shape index (κ1) is 38.4. The van der Waals surface area contributed by atoms with Gasteiger partial charge in [-0.3, -0.25) is 0 Å². The standard InChI is InChI=1S/C19H20ClNO2S.C18H19ClN2O2S/c1-12-7-9-14(10-8-12)11-16(19(22)23-3)21-18(24)17-13(2)5-4-6-15(17)20;1-11-4-3-5-14(19)16(11)17(24)21-15(18(22)23-2)10-12-6-8-13(20)9-7-12/h4-10,16H,11H2,1-3H3,(H,21,24);3-9,15H,10,20H2,1-2H3,(H,21,24). The summed E-state index contributed by atoms with van der Waals surface area (Å²) in [5.74, 6) is -0.749. The van der Waals surface area contributed by atoms with Gasteiger partial charge >= 0.3 is 11.9 Å². The summed E-state index contributed by atoms with van der Waals surface area (Å²) in [6, 6.07) is 25.3. The number of esters is 2. The average Bonchev–Trinajstić information content (AvgIpc) is 3.05. The second kappa shape index (κ2) is 18.5. The molecular weight excluding hydrogens is 685 g/mol. The summed E-state index contributed by atoms with van der Waals surface area (Å²) >= 11 is 23.4. The summed E-state index contributed by atoms with van der Waals surface area (Å²) in [5.41, 5.74) is 12.9. The second-order valence-corrected chi connectivity index (χ2v) is 12.7. The Bertz CT molecular complexity index is 1580. The molecule has 0 aliphatic heterocycles. The Morgan fingerprint density at radius 3 is 1.40 bits per heavy atom. The predicted molar refractivity (Wildman–Crippen MR) is 203 cm³/mol. The number of halogens is 2. The third kappa shape index (κ3) is 11.0. The van der Waals surface area contributed by atoms with Gasteiger partial charge in [-0.25, -0.2) is 9.59 Å². The fourth-order valence-electron chi connectivity index (χ4n) is 4.82. The van der Waals surface area contributed by atoms with Gasteiger partial charge in [0, 0.05) is 29.7 Å². The Kier molecular flexibility index (Phi) is 14.8. The van der Waals surface area contributed by atoms with Crippen molar-refractivity contribution in [2.45, 2.75) is 45.7 Å². The Labute approximate surface area is 303 Å². The third-order valence-corrected chi connectivity index (χ3v) is 8.73. The van der Waals surface area contributed by atoms with Crippen LogP contribution in [-0.2, 0) is 31.9 Å². The number of carbonyl (C=O) groups is 2. The number of rotatable bonds is 10. The van der Waals surface area contributed by atoms with E-state index in [0.29, 0.717) is 38.6 Å². The van der Waals surface area contributed by atoms with Crippen molar-refractivity contribution in [2.24, 2.45) is 0 Å². The number of hydrogen-bond acceptors (Lipinski definition) is 7. The molecule has 0 radical (unpaired) electrons. The lowest BCUT2D eigenvalue weighted by atomic mass is 10.0. The summed E-state index contributed by atoms with van der Waals surface area (Å²) in [7, 11) is 2.72. The first-order chi connectivity index (χ1) is 22.8. The van der Waals surface area contributed by atoms with Gasteiger partial charge in [0.2, 0.25) is 0 Å². The molecule has 11 heteroatoms. The minimum absolute atomic E-state index is 0.359. The second-order valence-electron chi connectivity index (χ2n) is 11.1. The number of hydrogen-bond donors (Lipinski definition) is 3. The number of anilines is 1. The fourth-order valence-corrected chi connectivity index (χ4v) is 6.39. The Balaban J connectivity index is 0.000000260. The molecule has 0 bridgehead atoms. The van der Waals surface area contributed by atoms with Crippen LogP contribution >= 0.6 is 47.6 Å². The summed E-state index contributed by atoms with van der Waals surface area (Å²) < 4.78 is 9.80. The van der Waals surface area contributed by atoms with E-state index >= 15 is 0 Å². The minimum Gasteiger partial charge on any atom is -0.467 e. The molecule has 7 nitrogen and oxygen atoms in total.